The monoisotopic (exact) mass is 439 g/mol. The highest BCUT2D eigenvalue weighted by molar-refractivity contribution is 6.22. The molecular weight excluding hydrogens is 417 g/mol. The van der Waals surface area contributed by atoms with E-state index in [9.17, 15) is 14.0 Å². The van der Waals surface area contributed by atoms with E-state index in [0.29, 0.717) is 35.3 Å². The number of rotatable bonds is 6. The molecule has 1 aromatic heterocycles. The molecule has 33 heavy (non-hydrogen) atoms. The molecule has 4 aromatic rings. The summed E-state index contributed by atoms with van der Waals surface area (Å²) in [6, 6.07) is 21.1. The smallest absolute Gasteiger partial charge is 0.253 e. The first-order valence-corrected chi connectivity index (χ1v) is 10.8. The van der Waals surface area contributed by atoms with Gasteiger partial charge < -0.3 is 4.90 Å². The Hall–Kier alpha value is -4.06. The van der Waals surface area contributed by atoms with Gasteiger partial charge in [-0.25, -0.2) is 4.39 Å². The number of aromatic nitrogens is 2. The number of ketones is 1. The predicted octanol–water partition coefficient (Wildman–Crippen LogP) is 5.13. The average molecular weight is 439 g/mol. The first-order valence-electron chi connectivity index (χ1n) is 10.8. The predicted molar refractivity (Wildman–Crippen MR) is 125 cm³/mol. The topological polar surface area (TPSA) is 66.1 Å². The van der Waals surface area contributed by atoms with Crippen molar-refractivity contribution in [2.45, 2.75) is 12.8 Å². The number of nitrogens with zero attached hydrogens (tertiary/aromatic N) is 2. The van der Waals surface area contributed by atoms with Gasteiger partial charge in [-0.3, -0.25) is 14.7 Å². The molecule has 5 nitrogen and oxygen atoms in total. The fourth-order valence-corrected chi connectivity index (χ4v) is 4.28. The first kappa shape index (κ1) is 20.8. The third-order valence-corrected chi connectivity index (χ3v) is 6.01. The Balaban J connectivity index is 1.21. The van der Waals surface area contributed by atoms with Crippen LogP contribution < -0.4 is 0 Å². The highest BCUT2D eigenvalue weighted by Crippen LogP contribution is 2.36. The molecule has 5 rings (SSSR count). The van der Waals surface area contributed by atoms with Crippen LogP contribution in [0.25, 0.3) is 22.4 Å². The molecule has 0 bridgehead atoms. The van der Waals surface area contributed by atoms with Gasteiger partial charge in [-0.1, -0.05) is 42.5 Å². The van der Waals surface area contributed by atoms with Gasteiger partial charge >= 0.3 is 0 Å². The van der Waals surface area contributed by atoms with Gasteiger partial charge in [-0.15, -0.1) is 0 Å². The van der Waals surface area contributed by atoms with Gasteiger partial charge in [0.2, 0.25) is 0 Å². The number of aromatic amines is 1. The molecule has 0 atom stereocenters. The molecule has 1 N–H and O–H groups in total. The molecule has 0 spiro atoms. The maximum absolute atomic E-state index is 13.4. The van der Waals surface area contributed by atoms with Gasteiger partial charge in [0.1, 0.15) is 5.82 Å². The fourth-order valence-electron chi connectivity index (χ4n) is 4.28. The second-order valence-electron chi connectivity index (χ2n) is 8.25. The van der Waals surface area contributed by atoms with Gasteiger partial charge in [0.15, 0.2) is 5.78 Å². The Bertz CT molecular complexity index is 1380. The van der Waals surface area contributed by atoms with Gasteiger partial charge in [-0.2, -0.15) is 5.10 Å². The van der Waals surface area contributed by atoms with E-state index in [1.54, 1.807) is 30.1 Å². The van der Waals surface area contributed by atoms with Crippen molar-refractivity contribution in [3.05, 3.63) is 101 Å². The van der Waals surface area contributed by atoms with Crippen molar-refractivity contribution < 1.29 is 14.0 Å². The number of hydrogen-bond acceptors (Lipinski definition) is 3. The lowest BCUT2D eigenvalue weighted by Gasteiger charge is -2.17. The lowest BCUT2D eigenvalue weighted by Crippen LogP contribution is -2.28. The second kappa shape index (κ2) is 8.47. The van der Waals surface area contributed by atoms with Gasteiger partial charge in [0.05, 0.1) is 5.69 Å². The van der Waals surface area contributed by atoms with Crippen LogP contribution in [0.4, 0.5) is 4.39 Å². The third-order valence-electron chi connectivity index (χ3n) is 6.01. The van der Waals surface area contributed by atoms with E-state index in [0.717, 1.165) is 28.8 Å². The van der Waals surface area contributed by atoms with Crippen molar-refractivity contribution >= 4 is 11.7 Å². The standard InChI is InChI=1S/C27H22FN3O2/c1-31(13-5-8-20-16-25(30-29-20)17-6-4-7-19(28)14-17)27(33)18-11-12-22-21-9-2-3-10-23(21)26(32)24(22)15-18/h2-4,6-7,9-12,14-16H,5,8,13H2,1H3,(H,29,30). The molecular formula is C27H22FN3O2. The van der Waals surface area contributed by atoms with Crippen molar-refractivity contribution in [2.75, 3.05) is 13.6 Å². The lowest BCUT2D eigenvalue weighted by molar-refractivity contribution is 0.0793. The van der Waals surface area contributed by atoms with E-state index in [2.05, 4.69) is 10.2 Å². The quantitative estimate of drug-likeness (QED) is 0.399. The van der Waals surface area contributed by atoms with Crippen LogP contribution in [0, 0.1) is 5.82 Å². The Kier molecular flexibility index (Phi) is 5.34. The number of H-pyrrole nitrogens is 1. The van der Waals surface area contributed by atoms with E-state index >= 15 is 0 Å². The summed E-state index contributed by atoms with van der Waals surface area (Å²) in [7, 11) is 1.76. The first-order chi connectivity index (χ1) is 16.0. The van der Waals surface area contributed by atoms with E-state index in [1.807, 2.05) is 42.5 Å². The van der Waals surface area contributed by atoms with Crippen LogP contribution in [-0.2, 0) is 6.42 Å². The molecule has 6 heteroatoms. The largest absolute Gasteiger partial charge is 0.342 e. The van der Waals surface area contributed by atoms with Gasteiger partial charge in [0, 0.05) is 41.5 Å². The van der Waals surface area contributed by atoms with Crippen LogP contribution in [0.3, 0.4) is 0 Å². The van der Waals surface area contributed by atoms with Crippen molar-refractivity contribution in [1.29, 1.82) is 0 Å². The van der Waals surface area contributed by atoms with Crippen LogP contribution in [0.1, 0.15) is 38.4 Å². The number of benzene rings is 3. The molecule has 3 aromatic carbocycles. The van der Waals surface area contributed by atoms with E-state index in [1.165, 1.54) is 12.1 Å². The summed E-state index contributed by atoms with van der Waals surface area (Å²) in [5.74, 6) is -0.452. The maximum atomic E-state index is 13.4. The number of halogens is 1. The van der Waals surface area contributed by atoms with Crippen LogP contribution in [0.5, 0.6) is 0 Å². The van der Waals surface area contributed by atoms with E-state index in [-0.39, 0.29) is 17.5 Å². The number of amides is 1. The molecule has 164 valence electrons. The molecule has 0 aliphatic heterocycles. The highest BCUT2D eigenvalue weighted by Gasteiger charge is 2.27. The summed E-state index contributed by atoms with van der Waals surface area (Å²) in [6.07, 6.45) is 1.44. The summed E-state index contributed by atoms with van der Waals surface area (Å²) in [5.41, 5.74) is 5.91. The summed E-state index contributed by atoms with van der Waals surface area (Å²) in [4.78, 5) is 27.3. The summed E-state index contributed by atoms with van der Waals surface area (Å²) in [6.45, 7) is 0.554. The average Bonchev–Trinajstić information content (AvgIpc) is 3.42. The number of carbonyl (C=O) groups excluding carboxylic acids is 2. The van der Waals surface area contributed by atoms with Crippen molar-refractivity contribution in [2.24, 2.45) is 0 Å². The zero-order chi connectivity index (χ0) is 22.9. The zero-order valence-electron chi connectivity index (χ0n) is 18.1. The molecule has 0 unspecified atom stereocenters. The maximum Gasteiger partial charge on any atom is 0.253 e. The van der Waals surface area contributed by atoms with Crippen LogP contribution >= 0.6 is 0 Å². The van der Waals surface area contributed by atoms with Gasteiger partial charge in [-0.05, 0) is 54.3 Å². The molecule has 1 aliphatic rings. The Morgan fingerprint density at radius 3 is 2.55 bits per heavy atom. The minimum Gasteiger partial charge on any atom is -0.342 e. The fraction of sp³-hybridized carbons (Fsp3) is 0.148. The minimum atomic E-state index is -0.297. The molecule has 0 saturated carbocycles. The molecule has 0 fully saturated rings. The van der Waals surface area contributed by atoms with Crippen molar-refractivity contribution in [3.8, 4) is 22.4 Å². The summed E-state index contributed by atoms with van der Waals surface area (Å²) >= 11 is 0. The molecule has 0 saturated heterocycles. The highest BCUT2D eigenvalue weighted by atomic mass is 19.1. The Morgan fingerprint density at radius 1 is 0.939 bits per heavy atom. The zero-order valence-corrected chi connectivity index (χ0v) is 18.1. The molecule has 1 heterocycles. The van der Waals surface area contributed by atoms with Crippen LogP contribution in [0.2, 0.25) is 0 Å². The number of aryl methyl sites for hydroxylation is 1. The number of hydrogen-bond donors (Lipinski definition) is 1. The van der Waals surface area contributed by atoms with Crippen LogP contribution in [-0.4, -0.2) is 40.4 Å². The molecule has 0 radical (unpaired) electrons. The number of carbonyl (C=O) groups is 2. The number of nitrogens with one attached hydrogen (secondary N) is 1. The minimum absolute atomic E-state index is 0.0359. The molecule has 1 amide bonds. The number of fused-ring (bicyclic) bond motifs is 3. The summed E-state index contributed by atoms with van der Waals surface area (Å²) in [5, 5.41) is 7.25. The Morgan fingerprint density at radius 2 is 1.73 bits per heavy atom. The SMILES string of the molecule is CN(CCCc1cc(-c2cccc(F)c2)n[nH]1)C(=O)c1ccc2c(c1)C(=O)c1ccccc1-2. The summed E-state index contributed by atoms with van der Waals surface area (Å²) < 4.78 is 13.4. The third kappa shape index (κ3) is 3.96. The Labute approximate surface area is 190 Å². The lowest BCUT2D eigenvalue weighted by atomic mass is 10.0. The van der Waals surface area contributed by atoms with Crippen molar-refractivity contribution in [1.82, 2.24) is 15.1 Å². The van der Waals surface area contributed by atoms with Crippen molar-refractivity contribution in [3.63, 3.8) is 0 Å². The molecule has 1 aliphatic carbocycles. The van der Waals surface area contributed by atoms with E-state index in [4.69, 9.17) is 0 Å². The van der Waals surface area contributed by atoms with Crippen LogP contribution in [0.15, 0.2) is 72.8 Å². The van der Waals surface area contributed by atoms with E-state index < -0.39 is 0 Å². The second-order valence-corrected chi connectivity index (χ2v) is 8.25. The van der Waals surface area contributed by atoms with Gasteiger partial charge in [0.25, 0.3) is 5.91 Å². The normalized spacial score (nSPS) is 11.9.